The Morgan fingerprint density at radius 1 is 1.21 bits per heavy atom. The normalized spacial score (nSPS) is 16.1. The summed E-state index contributed by atoms with van der Waals surface area (Å²) >= 11 is 0. The van der Waals surface area contributed by atoms with E-state index in [0.29, 0.717) is 19.4 Å². The number of amides is 3. The van der Waals surface area contributed by atoms with Gasteiger partial charge in [0.1, 0.15) is 0 Å². The Kier molecular flexibility index (Phi) is 5.59. The van der Waals surface area contributed by atoms with Crippen LogP contribution in [0.25, 0.3) is 0 Å². The molecule has 0 atom stereocenters. The molecule has 0 spiro atoms. The predicted octanol–water partition coefficient (Wildman–Crippen LogP) is 0.209. The molecule has 19 heavy (non-hydrogen) atoms. The van der Waals surface area contributed by atoms with Crippen molar-refractivity contribution in [3.05, 3.63) is 0 Å². The minimum atomic E-state index is -0.915. The molecular formula is C12H21N3O4. The summed E-state index contributed by atoms with van der Waals surface area (Å²) in [6.45, 7) is 2.62. The highest BCUT2D eigenvalue weighted by Gasteiger charge is 2.40. The molecule has 0 aliphatic heterocycles. The van der Waals surface area contributed by atoms with Crippen LogP contribution in [0.5, 0.6) is 0 Å². The van der Waals surface area contributed by atoms with Gasteiger partial charge in [-0.05, 0) is 26.2 Å². The number of urea groups is 1. The van der Waals surface area contributed by atoms with Crippen molar-refractivity contribution in [2.45, 2.75) is 44.6 Å². The van der Waals surface area contributed by atoms with E-state index in [1.807, 2.05) is 6.92 Å². The number of carboxylic acid groups (broad SMARTS) is 1. The number of hydrogen-bond donors (Lipinski definition) is 4. The second-order valence-corrected chi connectivity index (χ2v) is 4.79. The Bertz CT molecular complexity index is 353. The van der Waals surface area contributed by atoms with Gasteiger partial charge in [0.15, 0.2) is 0 Å². The first-order valence-corrected chi connectivity index (χ1v) is 6.52. The Labute approximate surface area is 112 Å². The van der Waals surface area contributed by atoms with Crippen LogP contribution >= 0.6 is 0 Å². The average Bonchev–Trinajstić information content (AvgIpc) is 2.25. The standard InChI is InChI=1S/C12H21N3O4/c1-2-13-9(16)4-7-14-11(19)15-12(5-3-6-12)8-10(17)18/h2-8H2,1H3,(H,13,16)(H,17,18)(H2,14,15,19). The number of carboxylic acids is 1. The average molecular weight is 271 g/mol. The van der Waals surface area contributed by atoms with E-state index in [1.165, 1.54) is 0 Å². The van der Waals surface area contributed by atoms with E-state index in [-0.39, 0.29) is 25.3 Å². The third kappa shape index (κ3) is 5.15. The lowest BCUT2D eigenvalue weighted by atomic mass is 9.74. The number of carbonyl (C=O) groups is 3. The van der Waals surface area contributed by atoms with Crippen LogP contribution in [0.2, 0.25) is 0 Å². The quantitative estimate of drug-likeness (QED) is 0.531. The topological polar surface area (TPSA) is 108 Å². The van der Waals surface area contributed by atoms with Crippen LogP contribution < -0.4 is 16.0 Å². The van der Waals surface area contributed by atoms with Crippen molar-refractivity contribution in [1.29, 1.82) is 0 Å². The highest BCUT2D eigenvalue weighted by atomic mass is 16.4. The van der Waals surface area contributed by atoms with Gasteiger partial charge in [-0.2, -0.15) is 0 Å². The molecule has 0 aromatic rings. The summed E-state index contributed by atoms with van der Waals surface area (Å²) in [7, 11) is 0. The fourth-order valence-electron chi connectivity index (χ4n) is 2.10. The molecule has 0 bridgehead atoms. The lowest BCUT2D eigenvalue weighted by Crippen LogP contribution is -2.57. The molecule has 1 rings (SSSR count). The summed E-state index contributed by atoms with van der Waals surface area (Å²) in [6, 6.07) is -0.412. The van der Waals surface area contributed by atoms with Crippen LogP contribution in [0, 0.1) is 0 Å². The smallest absolute Gasteiger partial charge is 0.315 e. The molecule has 0 unspecified atom stereocenters. The molecule has 108 valence electrons. The van der Waals surface area contributed by atoms with Crippen LogP contribution in [0.15, 0.2) is 0 Å². The van der Waals surface area contributed by atoms with E-state index in [2.05, 4.69) is 16.0 Å². The summed E-state index contributed by atoms with van der Waals surface area (Å²) in [5, 5.41) is 16.7. The number of hydrogen-bond acceptors (Lipinski definition) is 3. The van der Waals surface area contributed by atoms with Crippen molar-refractivity contribution < 1.29 is 19.5 Å². The minimum Gasteiger partial charge on any atom is -0.481 e. The number of rotatable bonds is 7. The summed E-state index contributed by atoms with van der Waals surface area (Å²) in [5.41, 5.74) is -0.610. The molecule has 3 amide bonds. The minimum absolute atomic E-state index is 0.0588. The number of nitrogens with one attached hydrogen (secondary N) is 3. The lowest BCUT2D eigenvalue weighted by Gasteiger charge is -2.41. The van der Waals surface area contributed by atoms with Crippen molar-refractivity contribution in [3.8, 4) is 0 Å². The molecule has 1 aliphatic rings. The molecule has 0 radical (unpaired) electrons. The lowest BCUT2D eigenvalue weighted by molar-refractivity contribution is -0.139. The monoisotopic (exact) mass is 271 g/mol. The third-order valence-corrected chi connectivity index (χ3v) is 3.19. The van der Waals surface area contributed by atoms with Crippen LogP contribution in [-0.4, -0.2) is 41.6 Å². The maximum absolute atomic E-state index is 11.6. The molecular weight excluding hydrogens is 250 g/mol. The fraction of sp³-hybridized carbons (Fsp3) is 0.750. The Morgan fingerprint density at radius 3 is 2.37 bits per heavy atom. The second kappa shape index (κ2) is 6.96. The fourth-order valence-corrected chi connectivity index (χ4v) is 2.10. The molecule has 0 aromatic carbocycles. The van der Waals surface area contributed by atoms with Gasteiger partial charge in [-0.15, -0.1) is 0 Å². The van der Waals surface area contributed by atoms with Crippen molar-refractivity contribution >= 4 is 17.9 Å². The number of aliphatic carboxylic acids is 1. The molecule has 7 nitrogen and oxygen atoms in total. The first-order chi connectivity index (χ1) is 8.97. The van der Waals surface area contributed by atoms with Crippen LogP contribution in [0.3, 0.4) is 0 Å². The molecule has 1 saturated carbocycles. The van der Waals surface area contributed by atoms with E-state index in [9.17, 15) is 14.4 Å². The largest absolute Gasteiger partial charge is 0.481 e. The van der Waals surface area contributed by atoms with Gasteiger partial charge < -0.3 is 21.1 Å². The Balaban J connectivity index is 2.26. The van der Waals surface area contributed by atoms with Gasteiger partial charge in [0.25, 0.3) is 0 Å². The van der Waals surface area contributed by atoms with E-state index < -0.39 is 17.5 Å². The molecule has 0 aromatic heterocycles. The van der Waals surface area contributed by atoms with Gasteiger partial charge in [0.05, 0.1) is 12.0 Å². The summed E-state index contributed by atoms with van der Waals surface area (Å²) in [6.07, 6.45) is 2.45. The van der Waals surface area contributed by atoms with Crippen LogP contribution in [-0.2, 0) is 9.59 Å². The molecule has 1 aliphatic carbocycles. The summed E-state index contributed by atoms with van der Waals surface area (Å²) in [4.78, 5) is 33.5. The molecule has 4 N–H and O–H groups in total. The van der Waals surface area contributed by atoms with Crippen molar-refractivity contribution in [2.24, 2.45) is 0 Å². The Hall–Kier alpha value is -1.79. The van der Waals surface area contributed by atoms with Gasteiger partial charge in [-0.25, -0.2) is 4.79 Å². The zero-order valence-corrected chi connectivity index (χ0v) is 11.1. The first-order valence-electron chi connectivity index (χ1n) is 6.52. The third-order valence-electron chi connectivity index (χ3n) is 3.19. The zero-order valence-electron chi connectivity index (χ0n) is 11.1. The van der Waals surface area contributed by atoms with Gasteiger partial charge >= 0.3 is 12.0 Å². The second-order valence-electron chi connectivity index (χ2n) is 4.79. The zero-order chi connectivity index (χ0) is 14.3. The summed E-state index contributed by atoms with van der Waals surface area (Å²) < 4.78 is 0. The van der Waals surface area contributed by atoms with E-state index >= 15 is 0 Å². The van der Waals surface area contributed by atoms with Crippen LogP contribution in [0.4, 0.5) is 4.79 Å². The first kappa shape index (κ1) is 15.3. The predicted molar refractivity (Wildman–Crippen MR) is 68.7 cm³/mol. The Morgan fingerprint density at radius 2 is 1.89 bits per heavy atom. The number of carbonyl (C=O) groups excluding carboxylic acids is 2. The van der Waals surface area contributed by atoms with Crippen molar-refractivity contribution in [2.75, 3.05) is 13.1 Å². The molecule has 1 fully saturated rings. The van der Waals surface area contributed by atoms with Crippen LogP contribution in [0.1, 0.15) is 39.0 Å². The SMILES string of the molecule is CCNC(=O)CCNC(=O)NC1(CC(=O)O)CCC1. The van der Waals surface area contributed by atoms with Gasteiger partial charge in [0, 0.05) is 19.5 Å². The highest BCUT2D eigenvalue weighted by Crippen LogP contribution is 2.34. The summed E-state index contributed by atoms with van der Waals surface area (Å²) in [5.74, 6) is -1.03. The molecule has 0 heterocycles. The maximum atomic E-state index is 11.6. The van der Waals surface area contributed by atoms with Gasteiger partial charge in [-0.3, -0.25) is 9.59 Å². The van der Waals surface area contributed by atoms with Gasteiger partial charge in [0.2, 0.25) is 5.91 Å². The molecule has 0 saturated heterocycles. The maximum Gasteiger partial charge on any atom is 0.315 e. The highest BCUT2D eigenvalue weighted by molar-refractivity contribution is 5.79. The van der Waals surface area contributed by atoms with Gasteiger partial charge in [-0.1, -0.05) is 0 Å². The van der Waals surface area contributed by atoms with E-state index in [0.717, 1.165) is 6.42 Å². The van der Waals surface area contributed by atoms with E-state index in [4.69, 9.17) is 5.11 Å². The van der Waals surface area contributed by atoms with E-state index in [1.54, 1.807) is 0 Å². The van der Waals surface area contributed by atoms with Crippen molar-refractivity contribution in [3.63, 3.8) is 0 Å². The van der Waals surface area contributed by atoms with Crippen molar-refractivity contribution in [1.82, 2.24) is 16.0 Å². The molecule has 7 heteroatoms.